The van der Waals surface area contributed by atoms with E-state index < -0.39 is 5.97 Å². The second kappa shape index (κ2) is 4.61. The highest BCUT2D eigenvalue weighted by molar-refractivity contribution is 5.92. The highest BCUT2D eigenvalue weighted by Gasteiger charge is 2.10. The molecule has 100 valence electrons. The van der Waals surface area contributed by atoms with Gasteiger partial charge in [-0.05, 0) is 24.3 Å². The number of carboxylic acids is 1. The molecule has 0 atom stereocenters. The smallest absolute Gasteiger partial charge is 0.335 e. The van der Waals surface area contributed by atoms with Crippen LogP contribution in [-0.4, -0.2) is 30.6 Å². The van der Waals surface area contributed by atoms with Crippen LogP contribution in [0, 0.1) is 0 Å². The van der Waals surface area contributed by atoms with E-state index in [0.717, 1.165) is 0 Å². The van der Waals surface area contributed by atoms with Crippen LogP contribution in [0.3, 0.4) is 0 Å². The number of benzene rings is 1. The Hall–Kier alpha value is -2.96. The summed E-state index contributed by atoms with van der Waals surface area (Å²) in [6.07, 6.45) is 3.02. The molecule has 3 aromatic rings. The van der Waals surface area contributed by atoms with E-state index in [1.807, 2.05) is 0 Å². The minimum absolute atomic E-state index is 0.132. The fourth-order valence-corrected chi connectivity index (χ4v) is 2.03. The first-order chi connectivity index (χ1) is 9.65. The zero-order chi connectivity index (χ0) is 14.1. The summed E-state index contributed by atoms with van der Waals surface area (Å²) in [5.41, 5.74) is 1.65. The van der Waals surface area contributed by atoms with Crippen LogP contribution >= 0.6 is 0 Å². The number of carbonyl (C=O) groups is 1. The summed E-state index contributed by atoms with van der Waals surface area (Å²) in [6, 6.07) is 6.23. The number of aromatic amines is 1. The molecule has 20 heavy (non-hydrogen) atoms. The minimum Gasteiger partial charge on any atom is -0.478 e. The monoisotopic (exact) mass is 270 g/mol. The lowest BCUT2D eigenvalue weighted by Crippen LogP contribution is -2.17. The number of aromatic carboxylic acids is 1. The molecule has 7 nitrogen and oxygen atoms in total. The molecule has 0 aliphatic heterocycles. The maximum Gasteiger partial charge on any atom is 0.335 e. The van der Waals surface area contributed by atoms with Crippen molar-refractivity contribution in [1.29, 1.82) is 0 Å². The first kappa shape index (κ1) is 12.1. The number of hydrogen-bond donors (Lipinski definition) is 2. The number of carboxylic acid groups (broad SMARTS) is 1. The molecule has 0 aliphatic carbocycles. The van der Waals surface area contributed by atoms with Gasteiger partial charge in [0, 0.05) is 6.20 Å². The summed E-state index contributed by atoms with van der Waals surface area (Å²) >= 11 is 0. The third kappa shape index (κ3) is 2.05. The Morgan fingerprint density at radius 3 is 2.90 bits per heavy atom. The Morgan fingerprint density at radius 1 is 1.35 bits per heavy atom. The minimum atomic E-state index is -1.03. The van der Waals surface area contributed by atoms with Gasteiger partial charge < -0.3 is 10.1 Å². The number of imidazole rings is 1. The molecule has 0 aliphatic rings. The predicted molar refractivity (Wildman–Crippen MR) is 70.7 cm³/mol. The predicted octanol–water partition coefficient (Wildman–Crippen LogP) is 0.866. The first-order valence-corrected chi connectivity index (χ1v) is 5.86. The van der Waals surface area contributed by atoms with Gasteiger partial charge in [0.05, 0.1) is 28.8 Å². The summed E-state index contributed by atoms with van der Waals surface area (Å²) in [6.45, 7) is 0.299. The third-order valence-corrected chi connectivity index (χ3v) is 2.98. The number of rotatable bonds is 3. The van der Waals surface area contributed by atoms with Crippen molar-refractivity contribution in [3.05, 3.63) is 58.5 Å². The number of nitrogens with zero attached hydrogens (tertiary/aromatic N) is 3. The molecule has 0 fully saturated rings. The molecule has 0 unspecified atom stereocenters. The maximum atomic E-state index is 11.9. The van der Waals surface area contributed by atoms with Gasteiger partial charge in [0.25, 0.3) is 0 Å². The Balaban J connectivity index is 2.10. The average molecular weight is 270 g/mol. The van der Waals surface area contributed by atoms with Crippen molar-refractivity contribution in [3.8, 4) is 0 Å². The first-order valence-electron chi connectivity index (χ1n) is 5.86. The van der Waals surface area contributed by atoms with Gasteiger partial charge in [-0.2, -0.15) is 0 Å². The SMILES string of the molecule is O=C(O)c1ccc2c(c1)[nH]c(=O)n2Cc1ccncn1. The highest BCUT2D eigenvalue weighted by atomic mass is 16.4. The Bertz CT molecular complexity index is 836. The second-order valence-electron chi connectivity index (χ2n) is 4.25. The second-order valence-corrected chi connectivity index (χ2v) is 4.25. The number of hydrogen-bond acceptors (Lipinski definition) is 4. The van der Waals surface area contributed by atoms with Crippen LogP contribution in [0.5, 0.6) is 0 Å². The molecule has 7 heteroatoms. The van der Waals surface area contributed by atoms with Gasteiger partial charge in [0.1, 0.15) is 6.33 Å². The van der Waals surface area contributed by atoms with Crippen molar-refractivity contribution in [2.45, 2.75) is 6.54 Å². The van der Waals surface area contributed by atoms with Crippen LogP contribution in [0.2, 0.25) is 0 Å². The molecule has 0 saturated heterocycles. The van der Waals surface area contributed by atoms with E-state index in [-0.39, 0.29) is 11.3 Å². The Labute approximate surface area is 112 Å². The number of H-pyrrole nitrogens is 1. The van der Waals surface area contributed by atoms with Gasteiger partial charge in [0.2, 0.25) is 0 Å². The van der Waals surface area contributed by atoms with Crippen molar-refractivity contribution in [1.82, 2.24) is 19.5 Å². The van der Waals surface area contributed by atoms with Crippen molar-refractivity contribution in [2.24, 2.45) is 0 Å². The highest BCUT2D eigenvalue weighted by Crippen LogP contribution is 2.13. The lowest BCUT2D eigenvalue weighted by atomic mass is 10.2. The zero-order valence-corrected chi connectivity index (χ0v) is 10.3. The van der Waals surface area contributed by atoms with Gasteiger partial charge in [-0.25, -0.2) is 19.6 Å². The number of fused-ring (bicyclic) bond motifs is 1. The Morgan fingerprint density at radius 2 is 2.20 bits per heavy atom. The summed E-state index contributed by atoms with van der Waals surface area (Å²) in [5, 5.41) is 8.94. The van der Waals surface area contributed by atoms with Gasteiger partial charge in [-0.3, -0.25) is 4.57 Å². The van der Waals surface area contributed by atoms with Crippen LogP contribution in [0.25, 0.3) is 11.0 Å². The van der Waals surface area contributed by atoms with E-state index in [0.29, 0.717) is 23.3 Å². The van der Waals surface area contributed by atoms with Crippen LogP contribution in [-0.2, 0) is 6.54 Å². The van der Waals surface area contributed by atoms with Crippen molar-refractivity contribution in [3.63, 3.8) is 0 Å². The molecule has 2 N–H and O–H groups in total. The summed E-state index contributed by atoms with van der Waals surface area (Å²) in [4.78, 5) is 33.4. The van der Waals surface area contributed by atoms with Gasteiger partial charge >= 0.3 is 11.7 Å². The molecule has 1 aromatic carbocycles. The third-order valence-electron chi connectivity index (χ3n) is 2.98. The number of aromatic nitrogens is 4. The molecule has 3 rings (SSSR count). The van der Waals surface area contributed by atoms with Crippen molar-refractivity contribution in [2.75, 3.05) is 0 Å². The standard InChI is InChI=1S/C13H10N4O3/c18-12(19)8-1-2-11-10(5-8)16-13(20)17(11)6-9-3-4-14-7-15-9/h1-5,7H,6H2,(H,16,20)(H,18,19). The molecule has 0 bridgehead atoms. The van der Waals surface area contributed by atoms with Crippen LogP contribution < -0.4 is 5.69 Å². The summed E-state index contributed by atoms with van der Waals surface area (Å²) in [7, 11) is 0. The van der Waals surface area contributed by atoms with Crippen LogP contribution in [0.15, 0.2) is 41.6 Å². The van der Waals surface area contributed by atoms with Gasteiger partial charge in [0.15, 0.2) is 0 Å². The fraction of sp³-hybridized carbons (Fsp3) is 0.0769. The fourth-order valence-electron chi connectivity index (χ4n) is 2.03. The Kier molecular flexibility index (Phi) is 2.79. The maximum absolute atomic E-state index is 11.9. The van der Waals surface area contributed by atoms with Crippen LogP contribution in [0.4, 0.5) is 0 Å². The van der Waals surface area contributed by atoms with Crippen LogP contribution in [0.1, 0.15) is 16.1 Å². The van der Waals surface area contributed by atoms with Gasteiger partial charge in [-0.1, -0.05) is 0 Å². The quantitative estimate of drug-likeness (QED) is 0.735. The normalized spacial score (nSPS) is 10.8. The van der Waals surface area contributed by atoms with Crippen molar-refractivity contribution < 1.29 is 9.90 Å². The molecular weight excluding hydrogens is 260 g/mol. The number of nitrogens with one attached hydrogen (secondary N) is 1. The van der Waals surface area contributed by atoms with E-state index in [1.165, 1.54) is 23.0 Å². The van der Waals surface area contributed by atoms with Crippen molar-refractivity contribution >= 4 is 17.0 Å². The van der Waals surface area contributed by atoms with Gasteiger partial charge in [-0.15, -0.1) is 0 Å². The molecule has 0 radical (unpaired) electrons. The molecule has 0 saturated carbocycles. The molecule has 0 amide bonds. The topological polar surface area (TPSA) is 101 Å². The van der Waals surface area contributed by atoms with E-state index >= 15 is 0 Å². The lowest BCUT2D eigenvalue weighted by Gasteiger charge is -2.02. The average Bonchev–Trinajstić information content (AvgIpc) is 2.75. The zero-order valence-electron chi connectivity index (χ0n) is 10.3. The van der Waals surface area contributed by atoms with E-state index in [2.05, 4.69) is 15.0 Å². The summed E-state index contributed by atoms with van der Waals surface area (Å²) in [5.74, 6) is -1.03. The molecule has 2 aromatic heterocycles. The lowest BCUT2D eigenvalue weighted by molar-refractivity contribution is 0.0697. The molecule has 2 heterocycles. The summed E-state index contributed by atoms with van der Waals surface area (Å²) < 4.78 is 1.50. The van der Waals surface area contributed by atoms with E-state index in [9.17, 15) is 9.59 Å². The van der Waals surface area contributed by atoms with E-state index in [4.69, 9.17) is 5.11 Å². The molecular formula is C13H10N4O3. The van der Waals surface area contributed by atoms with E-state index in [1.54, 1.807) is 18.3 Å². The molecule has 0 spiro atoms. The largest absolute Gasteiger partial charge is 0.478 e.